The largest absolute Gasteiger partial charge is 0.228 e. The number of rotatable bonds is 4. The van der Waals surface area contributed by atoms with Crippen molar-refractivity contribution >= 4 is 21.5 Å². The van der Waals surface area contributed by atoms with Gasteiger partial charge in [0.15, 0.2) is 5.82 Å². The summed E-state index contributed by atoms with van der Waals surface area (Å²) in [6.07, 6.45) is 0. The topological polar surface area (TPSA) is 25.8 Å². The van der Waals surface area contributed by atoms with Crippen molar-refractivity contribution in [3.05, 3.63) is 169 Å². The van der Waals surface area contributed by atoms with Gasteiger partial charge in [-0.2, -0.15) is 0 Å². The van der Waals surface area contributed by atoms with Crippen LogP contribution in [0.2, 0.25) is 0 Å². The van der Waals surface area contributed by atoms with Crippen molar-refractivity contribution in [3.8, 4) is 56.2 Å². The van der Waals surface area contributed by atoms with Gasteiger partial charge in [0, 0.05) is 22.1 Å². The van der Waals surface area contributed by atoms with Crippen LogP contribution in [0.15, 0.2) is 158 Å². The summed E-state index contributed by atoms with van der Waals surface area (Å²) < 4.78 is 0. The molecule has 0 fully saturated rings. The van der Waals surface area contributed by atoms with Gasteiger partial charge in [0.05, 0.1) is 11.4 Å². The van der Waals surface area contributed by atoms with Crippen LogP contribution in [0.4, 0.5) is 0 Å². The molecule has 0 amide bonds. The van der Waals surface area contributed by atoms with Crippen LogP contribution in [0.25, 0.3) is 77.7 Å². The molecule has 1 aliphatic carbocycles. The van der Waals surface area contributed by atoms with Crippen LogP contribution in [0.5, 0.6) is 0 Å². The molecule has 0 saturated heterocycles. The maximum Gasteiger partial charge on any atom is 0.160 e. The fourth-order valence-electron chi connectivity index (χ4n) is 7.53. The van der Waals surface area contributed by atoms with Gasteiger partial charge in [0.1, 0.15) is 0 Å². The molecule has 0 atom stereocenters. The normalized spacial score (nSPS) is 13.1. The summed E-state index contributed by atoms with van der Waals surface area (Å²) in [6, 6.07) is 56.4. The number of hydrogen-bond acceptors (Lipinski definition) is 2. The minimum Gasteiger partial charge on any atom is -0.228 e. The summed E-state index contributed by atoms with van der Waals surface area (Å²) in [6.45, 7) is 4.69. The standard InChI is InChI=1S/C45H32N2/c1-45(2)39-25-11-10-23-37(39)43-36-22-9-8-21-35(36)38(27-40(43)45)42-28-41(46-44(47-42)30-15-4-3-5-16-30)32-19-12-18-31(26-32)34-24-13-17-29-14-6-7-20-33(29)34/h3-28H,1-2H3. The minimum absolute atomic E-state index is 0.129. The summed E-state index contributed by atoms with van der Waals surface area (Å²) in [4.78, 5) is 10.5. The molecule has 7 aromatic carbocycles. The lowest BCUT2D eigenvalue weighted by Crippen LogP contribution is -2.15. The Hall–Kier alpha value is -5.86. The fourth-order valence-corrected chi connectivity index (χ4v) is 7.53. The van der Waals surface area contributed by atoms with Crippen molar-refractivity contribution in [2.24, 2.45) is 0 Å². The van der Waals surface area contributed by atoms with Gasteiger partial charge < -0.3 is 0 Å². The van der Waals surface area contributed by atoms with E-state index in [0.717, 1.165) is 33.9 Å². The highest BCUT2D eigenvalue weighted by Gasteiger charge is 2.37. The molecular weight excluding hydrogens is 569 g/mol. The molecule has 0 radical (unpaired) electrons. The van der Waals surface area contributed by atoms with E-state index in [9.17, 15) is 0 Å². The SMILES string of the molecule is CC1(C)c2ccccc2-c2c1cc(-c1cc(-c3cccc(-c4cccc5ccccc45)c3)nc(-c3ccccc3)n1)c1ccccc21. The molecule has 0 N–H and O–H groups in total. The minimum atomic E-state index is -0.129. The van der Waals surface area contributed by atoms with Crippen LogP contribution in [0, 0.1) is 0 Å². The highest BCUT2D eigenvalue weighted by Crippen LogP contribution is 2.53. The highest BCUT2D eigenvalue weighted by molar-refractivity contribution is 6.09. The molecule has 9 rings (SSSR count). The van der Waals surface area contributed by atoms with Crippen molar-refractivity contribution in [2.75, 3.05) is 0 Å². The van der Waals surface area contributed by atoms with Gasteiger partial charge in [-0.3, -0.25) is 0 Å². The summed E-state index contributed by atoms with van der Waals surface area (Å²) in [5.74, 6) is 0.723. The van der Waals surface area contributed by atoms with Crippen molar-refractivity contribution in [2.45, 2.75) is 19.3 Å². The molecule has 1 heterocycles. The van der Waals surface area contributed by atoms with E-state index in [2.05, 4.69) is 166 Å². The predicted octanol–water partition coefficient (Wildman–Crippen LogP) is 11.8. The molecule has 47 heavy (non-hydrogen) atoms. The summed E-state index contributed by atoms with van der Waals surface area (Å²) >= 11 is 0. The monoisotopic (exact) mass is 600 g/mol. The molecule has 8 aromatic rings. The van der Waals surface area contributed by atoms with Gasteiger partial charge in [-0.15, -0.1) is 0 Å². The van der Waals surface area contributed by atoms with Gasteiger partial charge in [-0.1, -0.05) is 153 Å². The Morgan fingerprint density at radius 3 is 1.89 bits per heavy atom. The number of aromatic nitrogens is 2. The van der Waals surface area contributed by atoms with Crippen LogP contribution < -0.4 is 0 Å². The third kappa shape index (κ3) is 4.40. The van der Waals surface area contributed by atoms with E-state index in [1.165, 1.54) is 54.9 Å². The lowest BCUT2D eigenvalue weighted by atomic mass is 9.81. The van der Waals surface area contributed by atoms with E-state index in [0.29, 0.717) is 0 Å². The van der Waals surface area contributed by atoms with E-state index < -0.39 is 0 Å². The van der Waals surface area contributed by atoms with E-state index in [1.807, 2.05) is 6.07 Å². The lowest BCUT2D eigenvalue weighted by Gasteiger charge is -2.23. The number of benzene rings is 7. The summed E-state index contributed by atoms with van der Waals surface area (Å²) in [5, 5.41) is 4.94. The molecule has 2 heteroatoms. The Morgan fingerprint density at radius 2 is 1.02 bits per heavy atom. The predicted molar refractivity (Wildman–Crippen MR) is 196 cm³/mol. The Kier molecular flexibility index (Phi) is 6.20. The van der Waals surface area contributed by atoms with Crippen molar-refractivity contribution < 1.29 is 0 Å². The first-order valence-electron chi connectivity index (χ1n) is 16.3. The molecule has 222 valence electrons. The van der Waals surface area contributed by atoms with Crippen molar-refractivity contribution in [1.29, 1.82) is 0 Å². The smallest absolute Gasteiger partial charge is 0.160 e. The molecular formula is C45H32N2. The Balaban J connectivity index is 1.28. The molecule has 2 nitrogen and oxygen atoms in total. The van der Waals surface area contributed by atoms with Crippen molar-refractivity contribution in [3.63, 3.8) is 0 Å². The van der Waals surface area contributed by atoms with Gasteiger partial charge in [-0.05, 0) is 73.1 Å². The van der Waals surface area contributed by atoms with Crippen LogP contribution in [-0.4, -0.2) is 9.97 Å². The average Bonchev–Trinajstić information content (AvgIpc) is 3.37. The second-order valence-corrected chi connectivity index (χ2v) is 13.0. The molecule has 0 spiro atoms. The van der Waals surface area contributed by atoms with Gasteiger partial charge in [-0.25, -0.2) is 9.97 Å². The van der Waals surface area contributed by atoms with E-state index >= 15 is 0 Å². The summed E-state index contributed by atoms with van der Waals surface area (Å²) in [5.41, 5.74) is 12.7. The Morgan fingerprint density at radius 1 is 0.404 bits per heavy atom. The Labute approximate surface area is 275 Å². The zero-order chi connectivity index (χ0) is 31.5. The van der Waals surface area contributed by atoms with E-state index in [1.54, 1.807) is 0 Å². The molecule has 0 unspecified atom stereocenters. The molecule has 0 saturated carbocycles. The van der Waals surface area contributed by atoms with Gasteiger partial charge >= 0.3 is 0 Å². The molecule has 0 bridgehead atoms. The van der Waals surface area contributed by atoms with E-state index in [4.69, 9.17) is 9.97 Å². The third-order valence-corrected chi connectivity index (χ3v) is 9.88. The van der Waals surface area contributed by atoms with Crippen LogP contribution in [-0.2, 0) is 5.41 Å². The van der Waals surface area contributed by atoms with Crippen LogP contribution >= 0.6 is 0 Å². The zero-order valence-electron chi connectivity index (χ0n) is 26.4. The maximum atomic E-state index is 5.28. The molecule has 1 aromatic heterocycles. The first kappa shape index (κ1) is 27.5. The first-order chi connectivity index (χ1) is 23.1. The molecule has 1 aliphatic rings. The van der Waals surface area contributed by atoms with E-state index in [-0.39, 0.29) is 5.41 Å². The second kappa shape index (κ2) is 10.6. The lowest BCUT2D eigenvalue weighted by molar-refractivity contribution is 0.661. The third-order valence-electron chi connectivity index (χ3n) is 9.88. The number of nitrogens with zero attached hydrogens (tertiary/aromatic N) is 2. The quantitative estimate of drug-likeness (QED) is 0.201. The van der Waals surface area contributed by atoms with Crippen LogP contribution in [0.1, 0.15) is 25.0 Å². The highest BCUT2D eigenvalue weighted by atomic mass is 14.9. The van der Waals surface area contributed by atoms with Gasteiger partial charge in [0.25, 0.3) is 0 Å². The van der Waals surface area contributed by atoms with Gasteiger partial charge in [0.2, 0.25) is 0 Å². The molecule has 0 aliphatic heterocycles. The van der Waals surface area contributed by atoms with Crippen LogP contribution in [0.3, 0.4) is 0 Å². The maximum absolute atomic E-state index is 5.28. The summed E-state index contributed by atoms with van der Waals surface area (Å²) in [7, 11) is 0. The number of fused-ring (bicyclic) bond motifs is 6. The second-order valence-electron chi connectivity index (χ2n) is 13.0. The zero-order valence-corrected chi connectivity index (χ0v) is 26.4. The number of hydrogen-bond donors (Lipinski definition) is 0. The average molecular weight is 601 g/mol. The Bertz CT molecular complexity index is 2490. The fraction of sp³-hybridized carbons (Fsp3) is 0.0667. The van der Waals surface area contributed by atoms with Crippen molar-refractivity contribution in [1.82, 2.24) is 9.97 Å². The first-order valence-corrected chi connectivity index (χ1v) is 16.3.